The molecule has 1 rings (SSSR count). The van der Waals surface area contributed by atoms with Gasteiger partial charge in [0.1, 0.15) is 0 Å². The largest absolute Gasteiger partial charge is 0.298 e. The van der Waals surface area contributed by atoms with Gasteiger partial charge in [0.25, 0.3) is 0 Å². The van der Waals surface area contributed by atoms with E-state index in [1.807, 2.05) is 0 Å². The Balaban J connectivity index is 1.96. The second-order valence-electron chi connectivity index (χ2n) is 6.07. The van der Waals surface area contributed by atoms with E-state index in [-0.39, 0.29) is 0 Å². The molecule has 0 amide bonds. The molecule has 1 heterocycles. The topological polar surface area (TPSA) is 3.24 Å². The molecule has 1 aliphatic rings. The molecule has 1 nitrogen and oxygen atoms in total. The Hall–Kier alpha value is 0.310. The highest BCUT2D eigenvalue weighted by atomic mass is 32.1. The molecule has 0 N–H and O–H groups in total. The van der Waals surface area contributed by atoms with Crippen molar-refractivity contribution in [2.24, 2.45) is 0 Å². The third-order valence-electron chi connectivity index (χ3n) is 4.45. The Labute approximate surface area is 120 Å². The summed E-state index contributed by atoms with van der Waals surface area (Å²) >= 11 is 4.25. The molecule has 0 aliphatic carbocycles. The Morgan fingerprint density at radius 1 is 0.833 bits per heavy atom. The zero-order valence-electron chi connectivity index (χ0n) is 12.5. The lowest BCUT2D eigenvalue weighted by molar-refractivity contribution is 0.101. The van der Waals surface area contributed by atoms with Crippen molar-refractivity contribution in [2.45, 2.75) is 90.1 Å². The van der Waals surface area contributed by atoms with E-state index in [0.29, 0.717) is 0 Å². The number of nitrogens with zero attached hydrogens (tertiary/aromatic N) is 1. The van der Waals surface area contributed by atoms with Crippen molar-refractivity contribution in [2.75, 3.05) is 12.3 Å². The maximum Gasteiger partial charge on any atom is 0.00697 e. The lowest BCUT2D eigenvalue weighted by Crippen LogP contribution is -2.44. The molecule has 2 atom stereocenters. The SMILES string of the molecule is CC1CCCC(C)N1CCCCCCCCCS. The maximum absolute atomic E-state index is 4.25. The van der Waals surface area contributed by atoms with E-state index in [0.717, 1.165) is 17.8 Å². The average molecular weight is 272 g/mol. The quantitative estimate of drug-likeness (QED) is 0.460. The Morgan fingerprint density at radius 2 is 1.33 bits per heavy atom. The summed E-state index contributed by atoms with van der Waals surface area (Å²) in [5.74, 6) is 1.06. The minimum absolute atomic E-state index is 0.823. The van der Waals surface area contributed by atoms with Crippen molar-refractivity contribution in [1.29, 1.82) is 0 Å². The summed E-state index contributed by atoms with van der Waals surface area (Å²) in [6.45, 7) is 6.15. The van der Waals surface area contributed by atoms with Gasteiger partial charge in [-0.1, -0.05) is 38.5 Å². The van der Waals surface area contributed by atoms with Crippen molar-refractivity contribution < 1.29 is 0 Å². The molecular formula is C16H33NS. The van der Waals surface area contributed by atoms with E-state index < -0.39 is 0 Å². The number of hydrogen-bond acceptors (Lipinski definition) is 2. The summed E-state index contributed by atoms with van der Waals surface area (Å²) in [5.41, 5.74) is 0. The zero-order chi connectivity index (χ0) is 13.2. The summed E-state index contributed by atoms with van der Waals surface area (Å²) in [6.07, 6.45) is 14.0. The van der Waals surface area contributed by atoms with Gasteiger partial charge in [-0.25, -0.2) is 0 Å². The van der Waals surface area contributed by atoms with Crippen LogP contribution in [0.5, 0.6) is 0 Å². The van der Waals surface area contributed by atoms with Crippen LogP contribution in [0.1, 0.15) is 78.1 Å². The molecule has 18 heavy (non-hydrogen) atoms. The van der Waals surface area contributed by atoms with Crippen molar-refractivity contribution in [3.63, 3.8) is 0 Å². The molecule has 108 valence electrons. The monoisotopic (exact) mass is 271 g/mol. The highest BCUT2D eigenvalue weighted by Gasteiger charge is 2.23. The molecular weight excluding hydrogens is 238 g/mol. The Morgan fingerprint density at radius 3 is 1.89 bits per heavy atom. The predicted molar refractivity (Wildman–Crippen MR) is 85.7 cm³/mol. The van der Waals surface area contributed by atoms with Gasteiger partial charge in [0.2, 0.25) is 0 Å². The fraction of sp³-hybridized carbons (Fsp3) is 1.00. The average Bonchev–Trinajstić information content (AvgIpc) is 2.35. The molecule has 1 aliphatic heterocycles. The van der Waals surface area contributed by atoms with Crippen LogP contribution in [0, 0.1) is 0 Å². The molecule has 0 bridgehead atoms. The van der Waals surface area contributed by atoms with E-state index in [4.69, 9.17) is 0 Å². The Kier molecular flexibility index (Phi) is 9.22. The molecule has 2 unspecified atom stereocenters. The number of hydrogen-bond donors (Lipinski definition) is 1. The molecule has 0 spiro atoms. The number of rotatable bonds is 9. The van der Waals surface area contributed by atoms with E-state index in [1.54, 1.807) is 0 Å². The van der Waals surface area contributed by atoms with Crippen molar-refractivity contribution in [1.82, 2.24) is 4.90 Å². The standard InChI is InChI=1S/C16H33NS/c1-15-11-10-12-16(2)17(15)13-8-6-4-3-5-7-9-14-18/h15-16,18H,3-14H2,1-2H3. The van der Waals surface area contributed by atoms with Crippen LogP contribution in [0.3, 0.4) is 0 Å². The highest BCUT2D eigenvalue weighted by molar-refractivity contribution is 7.80. The predicted octanol–water partition coefficient (Wildman–Crippen LogP) is 4.91. The van der Waals surface area contributed by atoms with Crippen LogP contribution >= 0.6 is 12.6 Å². The summed E-state index contributed by atoms with van der Waals surface area (Å²) < 4.78 is 0. The van der Waals surface area contributed by atoms with E-state index >= 15 is 0 Å². The molecule has 0 aromatic rings. The van der Waals surface area contributed by atoms with Crippen LogP contribution in [-0.2, 0) is 0 Å². The van der Waals surface area contributed by atoms with E-state index in [1.165, 1.54) is 70.8 Å². The summed E-state index contributed by atoms with van der Waals surface area (Å²) in [4.78, 5) is 2.74. The van der Waals surface area contributed by atoms with E-state index in [2.05, 4.69) is 31.4 Å². The van der Waals surface area contributed by atoms with Crippen molar-refractivity contribution in [3.05, 3.63) is 0 Å². The molecule has 1 fully saturated rings. The minimum Gasteiger partial charge on any atom is -0.298 e. The molecule has 0 saturated carbocycles. The van der Waals surface area contributed by atoms with Crippen LogP contribution in [0.2, 0.25) is 0 Å². The summed E-state index contributed by atoms with van der Waals surface area (Å²) in [5, 5.41) is 0. The lowest BCUT2D eigenvalue weighted by atomic mass is 9.97. The first kappa shape index (κ1) is 16.4. The third kappa shape index (κ3) is 6.47. The lowest BCUT2D eigenvalue weighted by Gasteiger charge is -2.39. The second-order valence-corrected chi connectivity index (χ2v) is 6.51. The van der Waals surface area contributed by atoms with Crippen LogP contribution in [-0.4, -0.2) is 29.3 Å². The van der Waals surface area contributed by atoms with Gasteiger partial charge in [-0.05, 0) is 51.8 Å². The second kappa shape index (κ2) is 10.1. The molecule has 1 saturated heterocycles. The molecule has 0 aromatic heterocycles. The zero-order valence-corrected chi connectivity index (χ0v) is 13.4. The number of thiol groups is 1. The molecule has 2 heteroatoms. The van der Waals surface area contributed by atoms with Gasteiger partial charge < -0.3 is 0 Å². The fourth-order valence-electron chi connectivity index (χ4n) is 3.21. The van der Waals surface area contributed by atoms with Gasteiger partial charge in [-0.15, -0.1) is 0 Å². The number of unbranched alkanes of at least 4 members (excludes halogenated alkanes) is 6. The van der Waals surface area contributed by atoms with Crippen molar-refractivity contribution in [3.8, 4) is 0 Å². The van der Waals surface area contributed by atoms with Gasteiger partial charge in [-0.2, -0.15) is 12.6 Å². The Bertz CT molecular complexity index is 186. The van der Waals surface area contributed by atoms with Crippen molar-refractivity contribution >= 4 is 12.6 Å². The van der Waals surface area contributed by atoms with Gasteiger partial charge in [0, 0.05) is 12.1 Å². The van der Waals surface area contributed by atoms with Crippen LogP contribution < -0.4 is 0 Å². The molecule has 0 aromatic carbocycles. The highest BCUT2D eigenvalue weighted by Crippen LogP contribution is 2.23. The number of likely N-dealkylation sites (tertiary alicyclic amines) is 1. The normalized spacial score (nSPS) is 25.5. The third-order valence-corrected chi connectivity index (χ3v) is 4.77. The first-order valence-corrected chi connectivity index (χ1v) is 8.75. The first-order valence-electron chi connectivity index (χ1n) is 8.12. The van der Waals surface area contributed by atoms with Crippen LogP contribution in [0.25, 0.3) is 0 Å². The smallest absolute Gasteiger partial charge is 0.00697 e. The van der Waals surface area contributed by atoms with Gasteiger partial charge in [-0.3, -0.25) is 4.90 Å². The number of piperidine rings is 1. The van der Waals surface area contributed by atoms with Gasteiger partial charge in [0.05, 0.1) is 0 Å². The summed E-state index contributed by atoms with van der Waals surface area (Å²) in [6, 6.07) is 1.65. The minimum atomic E-state index is 0.823. The van der Waals surface area contributed by atoms with Gasteiger partial charge in [0.15, 0.2) is 0 Å². The first-order chi connectivity index (χ1) is 8.75. The fourth-order valence-corrected chi connectivity index (χ4v) is 3.43. The summed E-state index contributed by atoms with van der Waals surface area (Å²) in [7, 11) is 0. The maximum atomic E-state index is 4.25. The van der Waals surface area contributed by atoms with Crippen LogP contribution in [0.15, 0.2) is 0 Å². The van der Waals surface area contributed by atoms with Gasteiger partial charge >= 0.3 is 0 Å². The van der Waals surface area contributed by atoms with E-state index in [9.17, 15) is 0 Å². The van der Waals surface area contributed by atoms with Crippen LogP contribution in [0.4, 0.5) is 0 Å². The molecule has 0 radical (unpaired) electrons.